The molecule has 1 fully saturated rings. The largest absolute Gasteiger partial charge is 0.490 e. The minimum absolute atomic E-state index is 0.0212. The van der Waals surface area contributed by atoms with Crippen molar-refractivity contribution in [3.63, 3.8) is 0 Å². The number of rotatable bonds is 6. The van der Waals surface area contributed by atoms with Crippen LogP contribution < -0.4 is 10.1 Å². The van der Waals surface area contributed by atoms with Crippen molar-refractivity contribution in [2.24, 2.45) is 0 Å². The van der Waals surface area contributed by atoms with Gasteiger partial charge in [-0.1, -0.05) is 0 Å². The predicted molar refractivity (Wildman–Crippen MR) is 128 cm³/mol. The van der Waals surface area contributed by atoms with Gasteiger partial charge < -0.3 is 29.2 Å². The van der Waals surface area contributed by atoms with Gasteiger partial charge in [-0.2, -0.15) is 13.2 Å². The Morgan fingerprint density at radius 1 is 1.11 bits per heavy atom. The summed E-state index contributed by atoms with van der Waals surface area (Å²) in [5, 5.41) is 2.61. The van der Waals surface area contributed by atoms with Crippen LogP contribution in [-0.2, 0) is 25.2 Å². The van der Waals surface area contributed by atoms with E-state index in [1.54, 1.807) is 0 Å². The molecule has 2 aromatic carbocycles. The maximum absolute atomic E-state index is 13.6. The summed E-state index contributed by atoms with van der Waals surface area (Å²) in [6.07, 6.45) is -4.22. The van der Waals surface area contributed by atoms with Crippen LogP contribution >= 0.6 is 0 Å². The number of nitrogens with one attached hydrogen (secondary N) is 1. The molecule has 204 valence electrons. The highest BCUT2D eigenvalue weighted by molar-refractivity contribution is 6.05. The van der Waals surface area contributed by atoms with E-state index in [9.17, 15) is 27.6 Å². The molecule has 4 rings (SSSR count). The number of carbonyl (C=O) groups is 3. The summed E-state index contributed by atoms with van der Waals surface area (Å²) in [6, 6.07) is 7.93. The Morgan fingerprint density at radius 3 is 2.50 bits per heavy atom. The van der Waals surface area contributed by atoms with Crippen molar-refractivity contribution in [1.82, 2.24) is 4.90 Å². The Labute approximate surface area is 216 Å². The first-order valence-electron chi connectivity index (χ1n) is 11.9. The van der Waals surface area contributed by atoms with Crippen LogP contribution in [0.2, 0.25) is 0 Å². The molecule has 1 saturated heterocycles. The molecule has 0 unspecified atom stereocenters. The van der Waals surface area contributed by atoms with Gasteiger partial charge in [0.15, 0.2) is 0 Å². The summed E-state index contributed by atoms with van der Waals surface area (Å²) >= 11 is 0. The smallest absolute Gasteiger partial charge is 0.416 e. The normalized spacial score (nSPS) is 21.3. The standard InChI is InChI=1S/C26H27F3N2O7/c1-35-14-31-20-9-8-18(12-23(32)36-2)38-22(20)13-37-21-10-7-17(11-19(21)25(31)34)30-24(33)15-3-5-16(6-4-15)26(27,28)29/h3-7,10-11,18,20,22H,8-9,12-14H2,1-2H3,(H,30,33)/t18-,20-,22-/m0/s1. The number of alkyl halides is 3. The number of hydrogen-bond acceptors (Lipinski definition) is 7. The summed E-state index contributed by atoms with van der Waals surface area (Å²) in [7, 11) is 2.77. The van der Waals surface area contributed by atoms with Gasteiger partial charge in [0.25, 0.3) is 11.8 Å². The van der Waals surface area contributed by atoms with Crippen molar-refractivity contribution >= 4 is 23.5 Å². The van der Waals surface area contributed by atoms with Crippen LogP contribution in [0.3, 0.4) is 0 Å². The lowest BCUT2D eigenvalue weighted by atomic mass is 9.94. The number of amides is 2. The molecular formula is C26H27F3N2O7. The minimum Gasteiger partial charge on any atom is -0.490 e. The summed E-state index contributed by atoms with van der Waals surface area (Å²) in [4.78, 5) is 39.5. The third-order valence-corrected chi connectivity index (χ3v) is 6.48. The van der Waals surface area contributed by atoms with Crippen molar-refractivity contribution in [2.45, 2.75) is 43.7 Å². The van der Waals surface area contributed by atoms with E-state index in [2.05, 4.69) is 5.32 Å². The van der Waals surface area contributed by atoms with Gasteiger partial charge >= 0.3 is 12.1 Å². The number of fused-ring (bicyclic) bond motifs is 2. The zero-order valence-electron chi connectivity index (χ0n) is 20.7. The first kappa shape index (κ1) is 27.4. The Bertz CT molecular complexity index is 1190. The molecular weight excluding hydrogens is 509 g/mol. The highest BCUT2D eigenvalue weighted by Gasteiger charge is 2.41. The number of benzene rings is 2. The fourth-order valence-electron chi connectivity index (χ4n) is 4.56. The van der Waals surface area contributed by atoms with Crippen molar-refractivity contribution in [3.8, 4) is 5.75 Å². The van der Waals surface area contributed by atoms with Crippen LogP contribution in [0.5, 0.6) is 5.75 Å². The molecule has 0 aliphatic carbocycles. The van der Waals surface area contributed by atoms with Crippen molar-refractivity contribution in [3.05, 3.63) is 59.2 Å². The van der Waals surface area contributed by atoms with Crippen LogP contribution in [0.1, 0.15) is 45.5 Å². The zero-order chi connectivity index (χ0) is 27.4. The van der Waals surface area contributed by atoms with E-state index >= 15 is 0 Å². The van der Waals surface area contributed by atoms with Gasteiger partial charge in [0, 0.05) is 18.4 Å². The van der Waals surface area contributed by atoms with Gasteiger partial charge in [-0.05, 0) is 55.3 Å². The van der Waals surface area contributed by atoms with E-state index in [0.29, 0.717) is 12.8 Å². The van der Waals surface area contributed by atoms with Gasteiger partial charge in [-0.3, -0.25) is 14.4 Å². The Balaban J connectivity index is 1.54. The maximum atomic E-state index is 13.6. The average Bonchev–Trinajstić information content (AvgIpc) is 2.89. The molecule has 1 N–H and O–H groups in total. The maximum Gasteiger partial charge on any atom is 0.416 e. The summed E-state index contributed by atoms with van der Waals surface area (Å²) in [6.45, 7) is 0.0900. The summed E-state index contributed by atoms with van der Waals surface area (Å²) in [5.41, 5.74) is -0.393. The number of ether oxygens (including phenoxy) is 4. The Morgan fingerprint density at radius 2 is 1.84 bits per heavy atom. The molecule has 2 aliphatic rings. The van der Waals surface area contributed by atoms with Crippen LogP contribution in [0, 0.1) is 0 Å². The summed E-state index contributed by atoms with van der Waals surface area (Å²) in [5.74, 6) is -1.16. The quantitative estimate of drug-likeness (QED) is 0.559. The van der Waals surface area contributed by atoms with E-state index < -0.39 is 29.7 Å². The number of anilines is 1. The number of carbonyl (C=O) groups excluding carboxylic acids is 3. The van der Waals surface area contributed by atoms with Crippen LogP contribution in [-0.4, -0.2) is 68.5 Å². The molecule has 0 spiro atoms. The second kappa shape index (κ2) is 11.4. The highest BCUT2D eigenvalue weighted by atomic mass is 19.4. The second-order valence-electron chi connectivity index (χ2n) is 8.97. The number of esters is 1. The van der Waals surface area contributed by atoms with Crippen LogP contribution in [0.15, 0.2) is 42.5 Å². The Hall–Kier alpha value is -3.64. The van der Waals surface area contributed by atoms with Gasteiger partial charge in [-0.25, -0.2) is 0 Å². The lowest BCUT2D eigenvalue weighted by Crippen LogP contribution is -2.55. The monoisotopic (exact) mass is 536 g/mol. The first-order chi connectivity index (χ1) is 18.1. The van der Waals surface area contributed by atoms with E-state index in [0.717, 1.165) is 24.3 Å². The topological polar surface area (TPSA) is 103 Å². The number of methoxy groups -OCH3 is 2. The van der Waals surface area contributed by atoms with Gasteiger partial charge in [0.05, 0.1) is 36.8 Å². The van der Waals surface area contributed by atoms with Crippen molar-refractivity contribution in [1.29, 1.82) is 0 Å². The number of hydrogen-bond donors (Lipinski definition) is 1. The molecule has 0 bridgehead atoms. The molecule has 12 heteroatoms. The van der Waals surface area contributed by atoms with Crippen LogP contribution in [0.25, 0.3) is 0 Å². The highest BCUT2D eigenvalue weighted by Crippen LogP contribution is 2.34. The van der Waals surface area contributed by atoms with Gasteiger partial charge in [0.2, 0.25) is 0 Å². The lowest BCUT2D eigenvalue weighted by molar-refractivity contribution is -0.153. The lowest BCUT2D eigenvalue weighted by Gasteiger charge is -2.43. The fraction of sp³-hybridized carbons (Fsp3) is 0.423. The molecule has 2 aliphatic heterocycles. The average molecular weight is 537 g/mol. The molecule has 9 nitrogen and oxygen atoms in total. The molecule has 3 atom stereocenters. The van der Waals surface area contributed by atoms with Crippen molar-refractivity contribution in [2.75, 3.05) is 32.9 Å². The molecule has 0 saturated carbocycles. The molecule has 2 aromatic rings. The third kappa shape index (κ3) is 6.08. The second-order valence-corrected chi connectivity index (χ2v) is 8.97. The van der Waals surface area contributed by atoms with Gasteiger partial charge in [-0.15, -0.1) is 0 Å². The van der Waals surface area contributed by atoms with Gasteiger partial charge in [0.1, 0.15) is 25.2 Å². The molecule has 0 aromatic heterocycles. The van der Waals surface area contributed by atoms with E-state index in [4.69, 9.17) is 18.9 Å². The van der Waals surface area contributed by atoms with Crippen molar-refractivity contribution < 1.29 is 46.5 Å². The van der Waals surface area contributed by atoms with Crippen LogP contribution in [0.4, 0.5) is 18.9 Å². The molecule has 2 heterocycles. The van der Waals surface area contributed by atoms with E-state index in [1.807, 2.05) is 0 Å². The Kier molecular flexibility index (Phi) is 8.22. The zero-order valence-corrected chi connectivity index (χ0v) is 20.7. The SMILES string of the molecule is COCN1C(=O)c2cc(NC(=O)c3ccc(C(F)(F)F)cc3)ccc2OC[C@@H]2O[C@H](CC(=O)OC)CC[C@@H]21. The third-order valence-electron chi connectivity index (χ3n) is 6.48. The molecule has 38 heavy (non-hydrogen) atoms. The predicted octanol–water partition coefficient (Wildman–Crippen LogP) is 3.88. The first-order valence-corrected chi connectivity index (χ1v) is 11.9. The molecule has 0 radical (unpaired) electrons. The number of halogens is 3. The fourth-order valence-corrected chi connectivity index (χ4v) is 4.56. The number of nitrogens with zero attached hydrogens (tertiary/aromatic N) is 1. The summed E-state index contributed by atoms with van der Waals surface area (Å²) < 4.78 is 60.5. The van der Waals surface area contributed by atoms with E-state index in [-0.39, 0.29) is 60.4 Å². The van der Waals surface area contributed by atoms with E-state index in [1.165, 1.54) is 37.3 Å². The minimum atomic E-state index is -4.51. The molecule has 2 amide bonds.